The van der Waals surface area contributed by atoms with E-state index in [9.17, 15) is 4.39 Å². The van der Waals surface area contributed by atoms with E-state index in [2.05, 4.69) is 10.3 Å². The Labute approximate surface area is 110 Å². The van der Waals surface area contributed by atoms with E-state index in [1.807, 2.05) is 19.4 Å². The van der Waals surface area contributed by atoms with Crippen molar-refractivity contribution in [3.8, 4) is 5.75 Å². The Kier molecular flexibility index (Phi) is 4.28. The number of rotatable bonds is 5. The first-order valence-electron chi connectivity index (χ1n) is 5.66. The molecule has 0 bridgehead atoms. The van der Waals surface area contributed by atoms with Crippen LogP contribution in [0.5, 0.6) is 5.75 Å². The number of benzene rings is 1. The van der Waals surface area contributed by atoms with Crippen molar-refractivity contribution < 1.29 is 9.13 Å². The molecule has 5 heteroatoms. The fourth-order valence-electron chi connectivity index (χ4n) is 1.64. The molecular formula is C13H15FN2OS. The second-order valence-corrected chi connectivity index (χ2v) is 4.99. The van der Waals surface area contributed by atoms with Gasteiger partial charge >= 0.3 is 0 Å². The zero-order chi connectivity index (χ0) is 13.0. The van der Waals surface area contributed by atoms with Gasteiger partial charge in [-0.3, -0.25) is 0 Å². The highest BCUT2D eigenvalue weighted by Gasteiger charge is 2.06. The number of aryl methyl sites for hydroxylation is 1. The Balaban J connectivity index is 2.08. The number of thiazole rings is 1. The second-order valence-electron chi connectivity index (χ2n) is 3.93. The molecule has 1 aromatic heterocycles. The van der Waals surface area contributed by atoms with Gasteiger partial charge in [-0.15, -0.1) is 11.3 Å². The van der Waals surface area contributed by atoms with Crippen LogP contribution in [0.25, 0.3) is 0 Å². The summed E-state index contributed by atoms with van der Waals surface area (Å²) in [6, 6.07) is 4.54. The molecule has 18 heavy (non-hydrogen) atoms. The molecule has 0 aliphatic rings. The number of nitrogens with one attached hydrogen (secondary N) is 1. The molecule has 0 spiro atoms. The molecule has 96 valence electrons. The summed E-state index contributed by atoms with van der Waals surface area (Å²) in [5, 5.41) is 5.98. The van der Waals surface area contributed by atoms with Crippen LogP contribution in [0.3, 0.4) is 0 Å². The largest absolute Gasteiger partial charge is 0.487 e. The van der Waals surface area contributed by atoms with Gasteiger partial charge in [-0.25, -0.2) is 9.37 Å². The van der Waals surface area contributed by atoms with Gasteiger partial charge < -0.3 is 10.1 Å². The molecule has 2 aromatic rings. The summed E-state index contributed by atoms with van der Waals surface area (Å²) in [6.45, 7) is 2.94. The van der Waals surface area contributed by atoms with E-state index < -0.39 is 0 Å². The number of hydrogen-bond donors (Lipinski definition) is 1. The Morgan fingerprint density at radius 3 is 2.94 bits per heavy atom. The van der Waals surface area contributed by atoms with Gasteiger partial charge in [0.15, 0.2) is 0 Å². The molecule has 1 heterocycles. The van der Waals surface area contributed by atoms with Crippen LogP contribution in [0.2, 0.25) is 0 Å². The number of aromatic nitrogens is 1. The van der Waals surface area contributed by atoms with Gasteiger partial charge in [-0.2, -0.15) is 0 Å². The fraction of sp³-hybridized carbons (Fsp3) is 0.308. The minimum Gasteiger partial charge on any atom is -0.487 e. The standard InChI is InChI=1S/C13H15FN2OS/c1-9-16-12(8-18-9)7-17-13-4-3-11(14)5-10(13)6-15-2/h3-5,8,15H,6-7H2,1-2H3. The predicted octanol–water partition coefficient (Wildman–Crippen LogP) is 2.89. The first kappa shape index (κ1) is 13.0. The summed E-state index contributed by atoms with van der Waals surface area (Å²) < 4.78 is 18.8. The third-order valence-electron chi connectivity index (χ3n) is 2.43. The molecule has 0 fully saturated rings. The minimum atomic E-state index is -0.253. The third kappa shape index (κ3) is 3.27. The molecule has 1 aromatic carbocycles. The lowest BCUT2D eigenvalue weighted by molar-refractivity contribution is 0.297. The van der Waals surface area contributed by atoms with Gasteiger partial charge in [-0.1, -0.05) is 0 Å². The molecule has 2 rings (SSSR count). The van der Waals surface area contributed by atoms with Crippen molar-refractivity contribution in [1.29, 1.82) is 0 Å². The van der Waals surface area contributed by atoms with Crippen LogP contribution in [0.4, 0.5) is 4.39 Å². The quantitative estimate of drug-likeness (QED) is 0.903. The van der Waals surface area contributed by atoms with Crippen molar-refractivity contribution in [2.24, 2.45) is 0 Å². The first-order valence-corrected chi connectivity index (χ1v) is 6.54. The predicted molar refractivity (Wildman–Crippen MR) is 70.3 cm³/mol. The van der Waals surface area contributed by atoms with Gasteiger partial charge in [0.2, 0.25) is 0 Å². The monoisotopic (exact) mass is 266 g/mol. The number of nitrogens with zero attached hydrogens (tertiary/aromatic N) is 1. The summed E-state index contributed by atoms with van der Waals surface area (Å²) in [7, 11) is 1.82. The van der Waals surface area contributed by atoms with E-state index in [-0.39, 0.29) is 5.82 Å². The van der Waals surface area contributed by atoms with Crippen molar-refractivity contribution >= 4 is 11.3 Å². The Hall–Kier alpha value is -1.46. The zero-order valence-electron chi connectivity index (χ0n) is 10.4. The fourth-order valence-corrected chi connectivity index (χ4v) is 2.24. The number of hydrogen-bond acceptors (Lipinski definition) is 4. The minimum absolute atomic E-state index is 0.253. The van der Waals surface area contributed by atoms with Crippen LogP contribution in [0.15, 0.2) is 23.6 Å². The molecule has 0 radical (unpaired) electrons. The summed E-state index contributed by atoms with van der Waals surface area (Å²) in [4.78, 5) is 4.32. The maximum absolute atomic E-state index is 13.1. The SMILES string of the molecule is CNCc1cc(F)ccc1OCc1csc(C)n1. The van der Waals surface area contributed by atoms with Gasteiger partial charge in [0, 0.05) is 17.5 Å². The average Bonchev–Trinajstić information content (AvgIpc) is 2.75. The lowest BCUT2D eigenvalue weighted by Crippen LogP contribution is -2.08. The first-order chi connectivity index (χ1) is 8.69. The Bertz CT molecular complexity index is 527. The van der Waals surface area contributed by atoms with Crippen LogP contribution in [-0.2, 0) is 13.2 Å². The normalized spacial score (nSPS) is 10.6. The van der Waals surface area contributed by atoms with E-state index >= 15 is 0 Å². The molecular weight excluding hydrogens is 251 g/mol. The highest BCUT2D eigenvalue weighted by Crippen LogP contribution is 2.21. The molecule has 0 atom stereocenters. The average molecular weight is 266 g/mol. The van der Waals surface area contributed by atoms with Crippen LogP contribution in [-0.4, -0.2) is 12.0 Å². The van der Waals surface area contributed by atoms with Crippen LogP contribution < -0.4 is 10.1 Å². The Morgan fingerprint density at radius 2 is 2.28 bits per heavy atom. The molecule has 0 aliphatic carbocycles. The summed E-state index contributed by atoms with van der Waals surface area (Å²) in [5.74, 6) is 0.438. The van der Waals surface area contributed by atoms with Gasteiger partial charge in [0.1, 0.15) is 18.2 Å². The molecule has 3 nitrogen and oxygen atoms in total. The lowest BCUT2D eigenvalue weighted by Gasteiger charge is -2.10. The van der Waals surface area contributed by atoms with Crippen molar-refractivity contribution in [3.63, 3.8) is 0 Å². The smallest absolute Gasteiger partial charge is 0.131 e. The van der Waals surface area contributed by atoms with E-state index in [0.717, 1.165) is 16.3 Å². The molecule has 0 unspecified atom stereocenters. The summed E-state index contributed by atoms with van der Waals surface area (Å²) >= 11 is 1.59. The van der Waals surface area contributed by atoms with E-state index in [4.69, 9.17) is 4.74 Å². The topological polar surface area (TPSA) is 34.1 Å². The molecule has 0 saturated heterocycles. The van der Waals surface area contributed by atoms with E-state index in [1.165, 1.54) is 12.1 Å². The Morgan fingerprint density at radius 1 is 1.44 bits per heavy atom. The number of ether oxygens (including phenoxy) is 1. The van der Waals surface area contributed by atoms with Crippen LogP contribution in [0, 0.1) is 12.7 Å². The maximum atomic E-state index is 13.1. The third-order valence-corrected chi connectivity index (χ3v) is 3.25. The highest BCUT2D eigenvalue weighted by atomic mass is 32.1. The number of halogens is 1. The second kappa shape index (κ2) is 5.93. The van der Waals surface area contributed by atoms with Crippen molar-refractivity contribution in [2.75, 3.05) is 7.05 Å². The van der Waals surface area contributed by atoms with Crippen LogP contribution in [0.1, 0.15) is 16.3 Å². The van der Waals surface area contributed by atoms with Crippen molar-refractivity contribution in [2.45, 2.75) is 20.1 Å². The molecule has 0 saturated carbocycles. The van der Waals surface area contributed by atoms with Crippen LogP contribution >= 0.6 is 11.3 Å². The zero-order valence-corrected chi connectivity index (χ0v) is 11.2. The van der Waals surface area contributed by atoms with Gasteiger partial charge in [-0.05, 0) is 32.2 Å². The summed E-state index contributed by atoms with van der Waals surface area (Å²) in [5.41, 5.74) is 1.71. The summed E-state index contributed by atoms with van der Waals surface area (Å²) in [6.07, 6.45) is 0. The van der Waals surface area contributed by atoms with E-state index in [1.54, 1.807) is 17.4 Å². The lowest BCUT2D eigenvalue weighted by atomic mass is 10.2. The van der Waals surface area contributed by atoms with Crippen molar-refractivity contribution in [3.05, 3.63) is 45.7 Å². The van der Waals surface area contributed by atoms with E-state index in [0.29, 0.717) is 18.9 Å². The molecule has 0 amide bonds. The molecule has 0 aliphatic heterocycles. The highest BCUT2D eigenvalue weighted by molar-refractivity contribution is 7.09. The van der Waals surface area contributed by atoms with Crippen molar-refractivity contribution in [1.82, 2.24) is 10.3 Å². The maximum Gasteiger partial charge on any atom is 0.131 e. The molecule has 1 N–H and O–H groups in total. The van der Waals surface area contributed by atoms with Gasteiger partial charge in [0.25, 0.3) is 0 Å². The van der Waals surface area contributed by atoms with Gasteiger partial charge in [0.05, 0.1) is 10.7 Å².